The highest BCUT2D eigenvalue weighted by Crippen LogP contribution is 2.33. The maximum atomic E-state index is 13.0. The molecule has 1 aliphatic heterocycles. The molecule has 0 spiro atoms. The zero-order chi connectivity index (χ0) is 24.3. The number of aromatic amines is 1. The monoisotopic (exact) mass is 497 g/mol. The van der Waals surface area contributed by atoms with Crippen molar-refractivity contribution in [3.05, 3.63) is 27.2 Å². The number of piperidine rings is 1. The Morgan fingerprint density at radius 1 is 1.33 bits per heavy atom. The minimum absolute atomic E-state index is 0.0200. The van der Waals surface area contributed by atoms with Crippen LogP contribution >= 0.6 is 22.9 Å². The average Bonchev–Trinajstić information content (AvgIpc) is 3.42. The number of ketones is 2. The molecule has 0 amide bonds. The number of anilines is 1. The highest BCUT2D eigenvalue weighted by molar-refractivity contribution is 7.17. The van der Waals surface area contributed by atoms with Crippen LogP contribution < -0.4 is 10.6 Å². The van der Waals surface area contributed by atoms with Crippen molar-refractivity contribution < 1.29 is 24.2 Å². The van der Waals surface area contributed by atoms with Gasteiger partial charge in [-0.1, -0.05) is 36.8 Å². The molecule has 2 aromatic heterocycles. The van der Waals surface area contributed by atoms with E-state index in [1.807, 2.05) is 18.7 Å². The number of carbonyl (C=O) groups is 3. The van der Waals surface area contributed by atoms with Crippen molar-refractivity contribution in [2.75, 3.05) is 24.6 Å². The van der Waals surface area contributed by atoms with Crippen molar-refractivity contribution in [2.24, 2.45) is 11.7 Å². The van der Waals surface area contributed by atoms with Crippen molar-refractivity contribution in [3.63, 3.8) is 0 Å². The first kappa shape index (κ1) is 25.3. The molecule has 33 heavy (non-hydrogen) atoms. The Morgan fingerprint density at radius 2 is 2.06 bits per heavy atom. The highest BCUT2D eigenvalue weighted by Gasteiger charge is 2.39. The lowest BCUT2D eigenvalue weighted by molar-refractivity contribution is 0.00471. The number of ether oxygens (including phenoxy) is 1. The van der Waals surface area contributed by atoms with Gasteiger partial charge in [0.15, 0.2) is 21.9 Å². The van der Waals surface area contributed by atoms with E-state index in [1.165, 1.54) is 0 Å². The van der Waals surface area contributed by atoms with Gasteiger partial charge in [0.25, 0.3) is 0 Å². The Hall–Kier alpha value is -2.34. The van der Waals surface area contributed by atoms with Crippen LogP contribution in [0.3, 0.4) is 0 Å². The van der Waals surface area contributed by atoms with Gasteiger partial charge in [0.2, 0.25) is 5.78 Å². The van der Waals surface area contributed by atoms with Gasteiger partial charge >= 0.3 is 5.97 Å². The van der Waals surface area contributed by atoms with E-state index in [2.05, 4.69) is 15.0 Å². The van der Waals surface area contributed by atoms with E-state index in [1.54, 1.807) is 6.92 Å². The molecule has 0 bridgehead atoms. The second-order valence-electron chi connectivity index (χ2n) is 7.75. The molecule has 3 atom stereocenters. The normalized spacial score (nSPS) is 19.5. The van der Waals surface area contributed by atoms with Crippen molar-refractivity contribution in [1.82, 2.24) is 15.0 Å². The largest absolute Gasteiger partial charge is 0.477 e. The Morgan fingerprint density at radius 3 is 2.64 bits per heavy atom. The van der Waals surface area contributed by atoms with E-state index >= 15 is 0 Å². The number of Topliss-reactive ketones (excluding diaryl/α,β-unsaturated/α-hetero) is 2. The highest BCUT2D eigenvalue weighted by atomic mass is 35.5. The molecule has 180 valence electrons. The van der Waals surface area contributed by atoms with E-state index in [0.29, 0.717) is 43.4 Å². The molecule has 1 aliphatic rings. The maximum absolute atomic E-state index is 13.0. The molecule has 1 fully saturated rings. The first-order chi connectivity index (χ1) is 15.7. The third-order valence-corrected chi connectivity index (χ3v) is 7.15. The first-order valence-corrected chi connectivity index (χ1v) is 12.1. The number of carboxylic acids is 1. The van der Waals surface area contributed by atoms with Gasteiger partial charge in [0, 0.05) is 32.0 Å². The summed E-state index contributed by atoms with van der Waals surface area (Å²) in [5.41, 5.74) is 7.03. The summed E-state index contributed by atoms with van der Waals surface area (Å²) in [7, 11) is 0. The standard InChI is InChI=1S/C21H28ClN5O5S/c1-4-11-18(22)26-19(24-11)16(29)14(23)10-7-8-27(9-13(10)32-6-3)21-25-15(12(28)5-2)17(33-21)20(30)31/h10,13-14H,4-9,23H2,1-3H3,(H,24,26)(H,30,31)/t10?,13-,14?/m0/s1. The topological polar surface area (TPSA) is 151 Å². The molecule has 3 heterocycles. The lowest BCUT2D eigenvalue weighted by atomic mass is 9.85. The number of H-pyrrole nitrogens is 1. The second kappa shape index (κ2) is 10.7. The number of hydrogen-bond donors (Lipinski definition) is 3. The number of carboxylic acid groups (broad SMARTS) is 1. The van der Waals surface area contributed by atoms with E-state index in [4.69, 9.17) is 22.1 Å². The van der Waals surface area contributed by atoms with Gasteiger partial charge in [-0.2, -0.15) is 0 Å². The molecule has 1 saturated heterocycles. The Balaban J connectivity index is 1.81. The van der Waals surface area contributed by atoms with Crippen LogP contribution in [0.2, 0.25) is 5.15 Å². The zero-order valence-corrected chi connectivity index (χ0v) is 20.3. The fourth-order valence-electron chi connectivity index (χ4n) is 3.95. The number of rotatable bonds is 10. The summed E-state index contributed by atoms with van der Waals surface area (Å²) in [6.07, 6.45) is 0.913. The van der Waals surface area contributed by atoms with Crippen LogP contribution in [-0.4, -0.2) is 69.4 Å². The zero-order valence-electron chi connectivity index (χ0n) is 18.8. The van der Waals surface area contributed by atoms with Gasteiger partial charge < -0.3 is 25.5 Å². The predicted molar refractivity (Wildman–Crippen MR) is 125 cm³/mol. The summed E-state index contributed by atoms with van der Waals surface area (Å²) in [6.45, 7) is 6.69. The fourth-order valence-corrected chi connectivity index (χ4v) is 5.17. The van der Waals surface area contributed by atoms with E-state index in [-0.39, 0.29) is 51.6 Å². The van der Waals surface area contributed by atoms with Crippen LogP contribution in [0.4, 0.5) is 5.13 Å². The molecule has 0 radical (unpaired) electrons. The van der Waals surface area contributed by atoms with Crippen molar-refractivity contribution in [3.8, 4) is 0 Å². The predicted octanol–water partition coefficient (Wildman–Crippen LogP) is 2.81. The third-order valence-electron chi connectivity index (χ3n) is 5.74. The minimum atomic E-state index is -1.18. The lowest BCUT2D eigenvalue weighted by Gasteiger charge is -2.40. The Bertz CT molecular complexity index is 1040. The van der Waals surface area contributed by atoms with Crippen molar-refractivity contribution in [1.29, 1.82) is 0 Å². The second-order valence-corrected chi connectivity index (χ2v) is 9.08. The van der Waals surface area contributed by atoms with E-state index in [0.717, 1.165) is 11.3 Å². The Labute approximate surface area is 200 Å². The van der Waals surface area contributed by atoms with E-state index in [9.17, 15) is 19.5 Å². The summed E-state index contributed by atoms with van der Waals surface area (Å²) in [4.78, 5) is 50.0. The fraction of sp³-hybridized carbons (Fsp3) is 0.571. The van der Waals surface area contributed by atoms with Gasteiger partial charge in [-0.05, 0) is 19.8 Å². The summed E-state index contributed by atoms with van der Waals surface area (Å²) >= 11 is 7.04. The van der Waals surface area contributed by atoms with Gasteiger partial charge in [-0.15, -0.1) is 0 Å². The molecule has 2 aromatic rings. The van der Waals surface area contributed by atoms with Gasteiger partial charge in [-0.3, -0.25) is 9.59 Å². The lowest BCUT2D eigenvalue weighted by Crippen LogP contribution is -2.54. The molecule has 0 saturated carbocycles. The molecule has 0 aromatic carbocycles. The third kappa shape index (κ3) is 5.26. The first-order valence-electron chi connectivity index (χ1n) is 10.9. The molecular formula is C21H28ClN5O5S. The number of imidazole rings is 1. The number of thiazole rings is 1. The van der Waals surface area contributed by atoms with Crippen LogP contribution in [0.15, 0.2) is 0 Å². The van der Waals surface area contributed by atoms with Crippen molar-refractivity contribution in [2.45, 2.75) is 52.2 Å². The van der Waals surface area contributed by atoms with Crippen LogP contribution in [0.5, 0.6) is 0 Å². The van der Waals surface area contributed by atoms with Crippen LogP contribution in [0, 0.1) is 5.92 Å². The number of aromatic carboxylic acids is 1. The number of nitrogens with zero attached hydrogens (tertiary/aromatic N) is 3. The molecule has 0 aliphatic carbocycles. The maximum Gasteiger partial charge on any atom is 0.348 e. The number of hydrogen-bond acceptors (Lipinski definition) is 9. The number of aryl methyl sites for hydroxylation is 1. The summed E-state index contributed by atoms with van der Waals surface area (Å²) in [5.74, 6) is -1.97. The average molecular weight is 498 g/mol. The summed E-state index contributed by atoms with van der Waals surface area (Å²) in [6, 6.07) is -0.848. The molecular weight excluding hydrogens is 470 g/mol. The smallest absolute Gasteiger partial charge is 0.348 e. The van der Waals surface area contributed by atoms with Crippen LogP contribution in [0.1, 0.15) is 70.1 Å². The molecule has 12 heteroatoms. The van der Waals surface area contributed by atoms with Crippen molar-refractivity contribution >= 4 is 45.6 Å². The number of nitrogens with two attached hydrogens (primary N) is 1. The molecule has 3 rings (SSSR count). The van der Waals surface area contributed by atoms with Crippen LogP contribution in [-0.2, 0) is 11.2 Å². The quantitative estimate of drug-likeness (QED) is 0.420. The Kier molecular flexibility index (Phi) is 8.22. The number of halogens is 1. The summed E-state index contributed by atoms with van der Waals surface area (Å²) in [5, 5.41) is 10.2. The molecule has 2 unspecified atom stereocenters. The van der Waals surface area contributed by atoms with Gasteiger partial charge in [0.1, 0.15) is 10.6 Å². The summed E-state index contributed by atoms with van der Waals surface area (Å²) < 4.78 is 5.92. The van der Waals surface area contributed by atoms with E-state index < -0.39 is 12.0 Å². The SMILES string of the molecule is CCO[C@H]1CN(c2nc(C(=O)CC)c(C(=O)O)s2)CCC1C(N)C(=O)c1nc(Cl)c(CC)[nH]1. The van der Waals surface area contributed by atoms with Gasteiger partial charge in [-0.25, -0.2) is 14.8 Å². The molecule has 4 N–H and O–H groups in total. The van der Waals surface area contributed by atoms with Gasteiger partial charge in [0.05, 0.1) is 17.8 Å². The number of carbonyl (C=O) groups excluding carboxylic acids is 2. The minimum Gasteiger partial charge on any atom is -0.477 e. The molecule has 10 nitrogen and oxygen atoms in total. The number of nitrogens with one attached hydrogen (secondary N) is 1. The van der Waals surface area contributed by atoms with Crippen LogP contribution in [0.25, 0.3) is 0 Å². The number of aromatic nitrogens is 3.